The summed E-state index contributed by atoms with van der Waals surface area (Å²) in [4.78, 5) is 39.6. The molecule has 0 radical (unpaired) electrons. The predicted octanol–water partition coefficient (Wildman–Crippen LogP) is 2.41. The van der Waals surface area contributed by atoms with E-state index in [2.05, 4.69) is 15.6 Å². The minimum Gasteiger partial charge on any atom is -0.343 e. The maximum atomic E-state index is 13.3. The molecular weight excluding hydrogens is 405 g/mol. The van der Waals surface area contributed by atoms with Crippen LogP contribution in [-0.4, -0.2) is 32.8 Å². The second kappa shape index (κ2) is 9.16. The van der Waals surface area contributed by atoms with Gasteiger partial charge < -0.3 is 15.2 Å². The average Bonchev–Trinajstić information content (AvgIpc) is 3.16. The van der Waals surface area contributed by atoms with Crippen LogP contribution in [0.4, 0.5) is 10.1 Å². The van der Waals surface area contributed by atoms with Crippen LogP contribution >= 0.6 is 0 Å². The van der Waals surface area contributed by atoms with E-state index in [9.17, 15) is 24.1 Å². The number of nitrogens with one attached hydrogen (secondary N) is 2. The number of nitro benzene ring substituents is 1. The topological polar surface area (TPSA) is 119 Å². The Balaban J connectivity index is 1.71. The van der Waals surface area contributed by atoms with Crippen LogP contribution in [0.3, 0.4) is 0 Å². The van der Waals surface area contributed by atoms with Gasteiger partial charge in [0.1, 0.15) is 17.7 Å². The number of halogens is 1. The third kappa shape index (κ3) is 5.10. The Morgan fingerprint density at radius 2 is 1.94 bits per heavy atom. The van der Waals surface area contributed by atoms with Crippen molar-refractivity contribution in [3.63, 3.8) is 0 Å². The molecule has 1 aromatic heterocycles. The van der Waals surface area contributed by atoms with Crippen LogP contribution in [0.5, 0.6) is 0 Å². The van der Waals surface area contributed by atoms with Crippen molar-refractivity contribution in [1.29, 1.82) is 0 Å². The number of carbonyl (C=O) groups is 2. The Kier molecular flexibility index (Phi) is 6.39. The van der Waals surface area contributed by atoms with E-state index in [1.807, 2.05) is 0 Å². The second-order valence-corrected chi connectivity index (χ2v) is 6.89. The molecule has 31 heavy (non-hydrogen) atoms. The highest BCUT2D eigenvalue weighted by Crippen LogP contribution is 2.21. The van der Waals surface area contributed by atoms with Crippen LogP contribution in [0.15, 0.2) is 54.9 Å². The zero-order valence-corrected chi connectivity index (χ0v) is 16.8. The van der Waals surface area contributed by atoms with Gasteiger partial charge in [-0.1, -0.05) is 18.2 Å². The van der Waals surface area contributed by atoms with Gasteiger partial charge in [0.05, 0.1) is 11.5 Å². The Morgan fingerprint density at radius 3 is 2.55 bits per heavy atom. The standard InChI is InChI=1S/C21H20FN5O4/c1-13-3-4-15(11-17(13)27(30)31)21(29)24-12-18(28)25-19(20-23-9-10-26(20)2)14-5-7-16(22)8-6-14/h3-11,19H,12H2,1-2H3,(H,24,29)(H,25,28). The molecule has 0 fully saturated rings. The van der Waals surface area contributed by atoms with Crippen molar-refractivity contribution in [1.82, 2.24) is 20.2 Å². The van der Waals surface area contributed by atoms with Gasteiger partial charge in [0.2, 0.25) is 5.91 Å². The molecule has 0 bridgehead atoms. The number of imidazole rings is 1. The SMILES string of the molecule is Cc1ccc(C(=O)NCC(=O)NC(c2ccc(F)cc2)c2nccn2C)cc1[N+](=O)[O-]. The fourth-order valence-corrected chi connectivity index (χ4v) is 3.03. The highest BCUT2D eigenvalue weighted by Gasteiger charge is 2.21. The third-order valence-corrected chi connectivity index (χ3v) is 4.70. The monoisotopic (exact) mass is 425 g/mol. The summed E-state index contributed by atoms with van der Waals surface area (Å²) in [5.41, 5.74) is 0.938. The lowest BCUT2D eigenvalue weighted by atomic mass is 10.1. The van der Waals surface area contributed by atoms with E-state index in [1.54, 1.807) is 43.1 Å². The molecule has 160 valence electrons. The highest BCUT2D eigenvalue weighted by molar-refractivity contribution is 5.97. The van der Waals surface area contributed by atoms with Gasteiger partial charge in [0.15, 0.2) is 0 Å². The minimum atomic E-state index is -0.662. The lowest BCUT2D eigenvalue weighted by molar-refractivity contribution is -0.385. The molecular formula is C21H20FN5O4. The second-order valence-electron chi connectivity index (χ2n) is 6.89. The number of carbonyl (C=O) groups excluding carboxylic acids is 2. The maximum absolute atomic E-state index is 13.3. The normalized spacial score (nSPS) is 11.6. The van der Waals surface area contributed by atoms with Crippen LogP contribution in [0.1, 0.15) is 33.4 Å². The summed E-state index contributed by atoms with van der Waals surface area (Å²) >= 11 is 0. The molecule has 0 aliphatic carbocycles. The molecule has 1 atom stereocenters. The van der Waals surface area contributed by atoms with E-state index in [1.165, 1.54) is 24.3 Å². The Labute approximate surface area is 177 Å². The molecule has 0 aliphatic rings. The van der Waals surface area contributed by atoms with E-state index >= 15 is 0 Å². The van der Waals surface area contributed by atoms with Crippen LogP contribution in [-0.2, 0) is 11.8 Å². The molecule has 1 heterocycles. The minimum absolute atomic E-state index is 0.0734. The smallest absolute Gasteiger partial charge is 0.273 e. The number of benzene rings is 2. The number of hydrogen-bond acceptors (Lipinski definition) is 5. The predicted molar refractivity (Wildman–Crippen MR) is 110 cm³/mol. The van der Waals surface area contributed by atoms with E-state index in [0.29, 0.717) is 17.0 Å². The number of rotatable bonds is 7. The fraction of sp³-hybridized carbons (Fsp3) is 0.190. The average molecular weight is 425 g/mol. The van der Waals surface area contributed by atoms with Crippen molar-refractivity contribution in [2.45, 2.75) is 13.0 Å². The lowest BCUT2D eigenvalue weighted by Crippen LogP contribution is -2.39. The molecule has 3 aromatic rings. The van der Waals surface area contributed by atoms with Crippen molar-refractivity contribution >= 4 is 17.5 Å². The van der Waals surface area contributed by atoms with Gasteiger partial charge in [-0.25, -0.2) is 9.37 Å². The highest BCUT2D eigenvalue weighted by atomic mass is 19.1. The number of amides is 2. The molecule has 1 unspecified atom stereocenters. The van der Waals surface area contributed by atoms with Gasteiger partial charge >= 0.3 is 0 Å². The summed E-state index contributed by atoms with van der Waals surface area (Å²) in [5.74, 6) is -1.01. The summed E-state index contributed by atoms with van der Waals surface area (Å²) < 4.78 is 15.0. The summed E-state index contributed by atoms with van der Waals surface area (Å²) in [5, 5.41) is 16.3. The summed E-state index contributed by atoms with van der Waals surface area (Å²) in [6.07, 6.45) is 3.29. The summed E-state index contributed by atoms with van der Waals surface area (Å²) in [6, 6.07) is 9.07. The Bertz CT molecular complexity index is 1130. The van der Waals surface area contributed by atoms with Crippen LogP contribution in [0.25, 0.3) is 0 Å². The van der Waals surface area contributed by atoms with E-state index < -0.39 is 28.6 Å². The molecule has 2 N–H and O–H groups in total. The maximum Gasteiger partial charge on any atom is 0.273 e. The van der Waals surface area contributed by atoms with E-state index in [-0.39, 0.29) is 17.8 Å². The molecule has 10 heteroatoms. The largest absolute Gasteiger partial charge is 0.343 e. The molecule has 2 amide bonds. The number of nitrogens with zero attached hydrogens (tertiary/aromatic N) is 3. The van der Waals surface area contributed by atoms with Crippen molar-refractivity contribution < 1.29 is 18.9 Å². The van der Waals surface area contributed by atoms with Gasteiger partial charge in [0.25, 0.3) is 11.6 Å². The molecule has 9 nitrogen and oxygen atoms in total. The van der Waals surface area contributed by atoms with Crippen LogP contribution in [0.2, 0.25) is 0 Å². The molecule has 2 aromatic carbocycles. The first-order valence-electron chi connectivity index (χ1n) is 9.31. The van der Waals surface area contributed by atoms with E-state index in [0.717, 1.165) is 6.07 Å². The Morgan fingerprint density at radius 1 is 1.23 bits per heavy atom. The third-order valence-electron chi connectivity index (χ3n) is 4.70. The van der Waals surface area contributed by atoms with Gasteiger partial charge in [-0.05, 0) is 30.7 Å². The van der Waals surface area contributed by atoms with Crippen LogP contribution < -0.4 is 10.6 Å². The summed E-state index contributed by atoms with van der Waals surface area (Å²) in [7, 11) is 1.76. The van der Waals surface area contributed by atoms with Crippen molar-refractivity contribution in [2.75, 3.05) is 6.54 Å². The Hall–Kier alpha value is -4.08. The summed E-state index contributed by atoms with van der Waals surface area (Å²) in [6.45, 7) is 1.21. The molecule has 0 saturated heterocycles. The van der Waals surface area contributed by atoms with Gasteiger partial charge in [-0.2, -0.15) is 0 Å². The first-order chi connectivity index (χ1) is 14.8. The molecule has 0 saturated carbocycles. The van der Waals surface area contributed by atoms with Gasteiger partial charge in [-0.15, -0.1) is 0 Å². The first kappa shape index (κ1) is 21.6. The fourth-order valence-electron chi connectivity index (χ4n) is 3.03. The van der Waals surface area contributed by atoms with Gasteiger partial charge in [-0.3, -0.25) is 19.7 Å². The van der Waals surface area contributed by atoms with E-state index in [4.69, 9.17) is 0 Å². The number of hydrogen-bond donors (Lipinski definition) is 2. The zero-order chi connectivity index (χ0) is 22.5. The molecule has 3 rings (SSSR count). The van der Waals surface area contributed by atoms with Crippen molar-refractivity contribution in [3.05, 3.63) is 93.3 Å². The van der Waals surface area contributed by atoms with Gasteiger partial charge in [0, 0.05) is 36.6 Å². The van der Waals surface area contributed by atoms with Crippen molar-refractivity contribution in [3.8, 4) is 0 Å². The lowest BCUT2D eigenvalue weighted by Gasteiger charge is -2.19. The van der Waals surface area contributed by atoms with Crippen LogP contribution in [0, 0.1) is 22.9 Å². The number of aromatic nitrogens is 2. The number of nitro groups is 1. The molecule has 0 spiro atoms. The number of aryl methyl sites for hydroxylation is 2. The zero-order valence-electron chi connectivity index (χ0n) is 16.8. The quantitative estimate of drug-likeness (QED) is 0.445. The molecule has 0 aliphatic heterocycles. The van der Waals surface area contributed by atoms with Crippen molar-refractivity contribution in [2.24, 2.45) is 7.05 Å². The first-order valence-corrected chi connectivity index (χ1v) is 9.31.